The third-order valence-electron chi connectivity index (χ3n) is 3.82. The fraction of sp³-hybridized carbons (Fsp3) is 1.00. The Morgan fingerprint density at radius 3 is 2.56 bits per heavy atom. The highest BCUT2D eigenvalue weighted by molar-refractivity contribution is 4.86. The number of likely N-dealkylation sites (N-methyl/N-ethyl adjacent to an activating group) is 1. The van der Waals surface area contributed by atoms with E-state index in [1.807, 2.05) is 0 Å². The van der Waals surface area contributed by atoms with Crippen molar-refractivity contribution in [1.82, 2.24) is 10.2 Å². The molecule has 1 aliphatic carbocycles. The molecule has 1 saturated carbocycles. The van der Waals surface area contributed by atoms with Crippen LogP contribution in [0.3, 0.4) is 0 Å². The Bertz CT molecular complexity index is 170. The lowest BCUT2D eigenvalue weighted by atomic mass is 9.89. The van der Waals surface area contributed by atoms with Crippen LogP contribution in [0.4, 0.5) is 0 Å². The van der Waals surface area contributed by atoms with E-state index in [2.05, 4.69) is 31.1 Å². The minimum Gasteiger partial charge on any atom is -0.312 e. The van der Waals surface area contributed by atoms with Crippen LogP contribution in [0.25, 0.3) is 0 Å². The van der Waals surface area contributed by atoms with Crippen molar-refractivity contribution < 1.29 is 0 Å². The Labute approximate surface area is 102 Å². The maximum absolute atomic E-state index is 3.74. The van der Waals surface area contributed by atoms with Gasteiger partial charge in [-0.3, -0.25) is 0 Å². The predicted octanol–water partition coefficient (Wildman–Crippen LogP) is 3.03. The van der Waals surface area contributed by atoms with E-state index >= 15 is 0 Å². The first-order valence-electron chi connectivity index (χ1n) is 7.23. The largest absolute Gasteiger partial charge is 0.312 e. The van der Waals surface area contributed by atoms with Crippen LogP contribution in [0.5, 0.6) is 0 Å². The summed E-state index contributed by atoms with van der Waals surface area (Å²) in [6.07, 6.45) is 9.51. The summed E-state index contributed by atoms with van der Waals surface area (Å²) in [6, 6.07) is 1.53. The fourth-order valence-corrected chi connectivity index (χ4v) is 2.78. The molecule has 0 amide bonds. The smallest absolute Gasteiger partial charge is 0.0246 e. The Kier molecular flexibility index (Phi) is 7.06. The monoisotopic (exact) mass is 226 g/mol. The molecule has 0 heterocycles. The molecule has 2 atom stereocenters. The Morgan fingerprint density at radius 2 is 1.88 bits per heavy atom. The summed E-state index contributed by atoms with van der Waals surface area (Å²) in [6.45, 7) is 6.99. The summed E-state index contributed by atoms with van der Waals surface area (Å²) in [4.78, 5) is 2.59. The van der Waals surface area contributed by atoms with Gasteiger partial charge in [0.2, 0.25) is 0 Å². The number of unbranched alkanes of at least 4 members (excludes halogenated alkanes) is 1. The second kappa shape index (κ2) is 8.08. The van der Waals surface area contributed by atoms with Gasteiger partial charge < -0.3 is 10.2 Å². The average Bonchev–Trinajstić information content (AvgIpc) is 2.33. The van der Waals surface area contributed by atoms with Crippen molar-refractivity contribution in [3.8, 4) is 0 Å². The minimum absolute atomic E-state index is 0.746. The van der Waals surface area contributed by atoms with Crippen molar-refractivity contribution >= 4 is 0 Å². The number of nitrogens with zero attached hydrogens (tertiary/aromatic N) is 1. The second-order valence-corrected chi connectivity index (χ2v) is 5.25. The van der Waals surface area contributed by atoms with Crippen molar-refractivity contribution in [2.24, 2.45) is 0 Å². The molecule has 2 heteroatoms. The molecule has 2 nitrogen and oxygen atoms in total. The number of hydrogen-bond acceptors (Lipinski definition) is 2. The quantitative estimate of drug-likeness (QED) is 0.718. The molecule has 0 aliphatic heterocycles. The van der Waals surface area contributed by atoms with E-state index in [-0.39, 0.29) is 0 Å². The van der Waals surface area contributed by atoms with Gasteiger partial charge in [0.15, 0.2) is 0 Å². The molecule has 0 spiro atoms. The molecule has 0 aromatic rings. The molecular weight excluding hydrogens is 196 g/mol. The van der Waals surface area contributed by atoms with Gasteiger partial charge in [-0.1, -0.05) is 33.1 Å². The fourth-order valence-electron chi connectivity index (χ4n) is 2.78. The maximum Gasteiger partial charge on any atom is 0.0246 e. The first-order valence-corrected chi connectivity index (χ1v) is 7.23. The molecule has 1 rings (SSSR count). The number of rotatable bonds is 7. The number of nitrogens with one attached hydrogen (secondary N) is 1. The standard InChI is InChI=1S/C14H30N2/c1-4-6-12-16(3)14-10-8-7-9-13(14)15-11-5-2/h13-15H,4-12H2,1-3H3. The van der Waals surface area contributed by atoms with Crippen LogP contribution in [0.1, 0.15) is 58.8 Å². The van der Waals surface area contributed by atoms with Gasteiger partial charge in [0.25, 0.3) is 0 Å². The van der Waals surface area contributed by atoms with E-state index in [0.717, 1.165) is 12.1 Å². The van der Waals surface area contributed by atoms with Crippen molar-refractivity contribution in [3.05, 3.63) is 0 Å². The molecule has 0 aromatic heterocycles. The van der Waals surface area contributed by atoms with Gasteiger partial charge in [-0.05, 0) is 45.8 Å². The van der Waals surface area contributed by atoms with E-state index in [4.69, 9.17) is 0 Å². The zero-order chi connectivity index (χ0) is 11.8. The lowest BCUT2D eigenvalue weighted by molar-refractivity contribution is 0.148. The van der Waals surface area contributed by atoms with E-state index < -0.39 is 0 Å². The van der Waals surface area contributed by atoms with Gasteiger partial charge >= 0.3 is 0 Å². The van der Waals surface area contributed by atoms with Gasteiger partial charge in [-0.25, -0.2) is 0 Å². The highest BCUT2D eigenvalue weighted by Crippen LogP contribution is 2.22. The molecule has 1 N–H and O–H groups in total. The van der Waals surface area contributed by atoms with Crippen molar-refractivity contribution in [3.63, 3.8) is 0 Å². The van der Waals surface area contributed by atoms with Crippen LogP contribution in [-0.2, 0) is 0 Å². The lowest BCUT2D eigenvalue weighted by Crippen LogP contribution is -2.50. The van der Waals surface area contributed by atoms with Gasteiger partial charge in [-0.2, -0.15) is 0 Å². The molecule has 96 valence electrons. The summed E-state index contributed by atoms with van der Waals surface area (Å²) >= 11 is 0. The van der Waals surface area contributed by atoms with Crippen molar-refractivity contribution in [2.45, 2.75) is 70.9 Å². The third kappa shape index (κ3) is 4.42. The predicted molar refractivity (Wildman–Crippen MR) is 71.9 cm³/mol. The SMILES string of the molecule is CCCCN(C)C1CCCCC1NCCC. The summed E-state index contributed by atoms with van der Waals surface area (Å²) in [5.74, 6) is 0. The van der Waals surface area contributed by atoms with Crippen LogP contribution >= 0.6 is 0 Å². The second-order valence-electron chi connectivity index (χ2n) is 5.25. The molecule has 0 saturated heterocycles. The molecular formula is C14H30N2. The summed E-state index contributed by atoms with van der Waals surface area (Å²) in [5.41, 5.74) is 0. The molecule has 0 radical (unpaired) electrons. The minimum atomic E-state index is 0.746. The third-order valence-corrected chi connectivity index (χ3v) is 3.82. The summed E-state index contributed by atoms with van der Waals surface area (Å²) < 4.78 is 0. The van der Waals surface area contributed by atoms with E-state index in [1.54, 1.807) is 0 Å². The van der Waals surface area contributed by atoms with Gasteiger partial charge in [0.1, 0.15) is 0 Å². The highest BCUT2D eigenvalue weighted by atomic mass is 15.2. The van der Waals surface area contributed by atoms with Crippen LogP contribution in [0.2, 0.25) is 0 Å². The van der Waals surface area contributed by atoms with Crippen LogP contribution in [0, 0.1) is 0 Å². The van der Waals surface area contributed by atoms with E-state index in [9.17, 15) is 0 Å². The first-order chi connectivity index (χ1) is 7.79. The average molecular weight is 226 g/mol. The Morgan fingerprint density at radius 1 is 1.12 bits per heavy atom. The van der Waals surface area contributed by atoms with Crippen LogP contribution in [0.15, 0.2) is 0 Å². The van der Waals surface area contributed by atoms with Crippen molar-refractivity contribution in [2.75, 3.05) is 20.1 Å². The number of hydrogen-bond donors (Lipinski definition) is 1. The van der Waals surface area contributed by atoms with Gasteiger partial charge in [-0.15, -0.1) is 0 Å². The summed E-state index contributed by atoms with van der Waals surface area (Å²) in [7, 11) is 2.31. The molecule has 0 aromatic carbocycles. The lowest BCUT2D eigenvalue weighted by Gasteiger charge is -2.38. The molecule has 1 fully saturated rings. The normalized spacial score (nSPS) is 26.2. The summed E-state index contributed by atoms with van der Waals surface area (Å²) in [5, 5.41) is 3.74. The first kappa shape index (κ1) is 14.0. The Hall–Kier alpha value is -0.0800. The zero-order valence-electron chi connectivity index (χ0n) is 11.5. The Balaban J connectivity index is 2.38. The molecule has 1 aliphatic rings. The highest BCUT2D eigenvalue weighted by Gasteiger charge is 2.27. The zero-order valence-corrected chi connectivity index (χ0v) is 11.5. The van der Waals surface area contributed by atoms with E-state index in [1.165, 1.54) is 58.0 Å². The van der Waals surface area contributed by atoms with Crippen LogP contribution < -0.4 is 5.32 Å². The molecule has 16 heavy (non-hydrogen) atoms. The van der Waals surface area contributed by atoms with E-state index in [0.29, 0.717) is 0 Å². The van der Waals surface area contributed by atoms with Crippen LogP contribution in [-0.4, -0.2) is 37.1 Å². The molecule has 2 unspecified atom stereocenters. The van der Waals surface area contributed by atoms with Crippen molar-refractivity contribution in [1.29, 1.82) is 0 Å². The topological polar surface area (TPSA) is 15.3 Å². The maximum atomic E-state index is 3.74. The molecule has 0 bridgehead atoms. The van der Waals surface area contributed by atoms with Gasteiger partial charge in [0.05, 0.1) is 0 Å². The van der Waals surface area contributed by atoms with Gasteiger partial charge in [0, 0.05) is 12.1 Å².